The summed E-state index contributed by atoms with van der Waals surface area (Å²) in [7, 11) is 0. The van der Waals surface area contributed by atoms with Crippen molar-refractivity contribution in [3.05, 3.63) is 48.0 Å². The van der Waals surface area contributed by atoms with Crippen LogP contribution in [0, 0.1) is 0 Å². The molecule has 0 aliphatic carbocycles. The van der Waals surface area contributed by atoms with Crippen LogP contribution in [0.5, 0.6) is 0 Å². The molecule has 1 fully saturated rings. The van der Waals surface area contributed by atoms with Gasteiger partial charge in [-0.15, -0.1) is 0 Å². The van der Waals surface area contributed by atoms with Crippen molar-refractivity contribution in [3.63, 3.8) is 0 Å². The topological polar surface area (TPSA) is 46.3 Å². The van der Waals surface area contributed by atoms with Crippen LogP contribution in [0.1, 0.15) is 18.4 Å². The molecule has 3 nitrogen and oxygen atoms in total. The molecule has 2 aromatic rings. The number of likely N-dealkylation sites (tertiary alicyclic amines) is 1. The molecule has 2 aromatic carbocycles. The molecule has 1 amide bonds. The van der Waals surface area contributed by atoms with Crippen LogP contribution in [0.15, 0.2) is 42.5 Å². The maximum absolute atomic E-state index is 12.3. The van der Waals surface area contributed by atoms with Crippen molar-refractivity contribution in [1.82, 2.24) is 4.90 Å². The largest absolute Gasteiger partial charge is 0.341 e. The number of nitrogens with zero attached hydrogens (tertiary/aromatic N) is 1. The highest BCUT2D eigenvalue weighted by Crippen LogP contribution is 2.20. The Balaban J connectivity index is 1.80. The van der Waals surface area contributed by atoms with Gasteiger partial charge in [0.15, 0.2) is 0 Å². The van der Waals surface area contributed by atoms with E-state index in [4.69, 9.17) is 5.73 Å². The molecule has 1 aliphatic rings. The molecule has 1 heterocycles. The van der Waals surface area contributed by atoms with E-state index in [-0.39, 0.29) is 5.91 Å². The van der Waals surface area contributed by atoms with E-state index in [1.807, 2.05) is 23.1 Å². The molecular formula is C17H20N2O. The molecule has 0 saturated carbocycles. The summed E-state index contributed by atoms with van der Waals surface area (Å²) in [4.78, 5) is 14.2. The van der Waals surface area contributed by atoms with Crippen LogP contribution in [0.3, 0.4) is 0 Å². The fourth-order valence-electron chi connectivity index (χ4n) is 2.97. The standard InChI is InChI=1S/C17H20N2O/c18-16(17(20)19-10-3-4-11-19)12-14-8-5-7-13-6-1-2-9-15(13)14/h1-2,5-9,16H,3-4,10-12,18H2/t16-/m1/s1. The monoisotopic (exact) mass is 268 g/mol. The quantitative estimate of drug-likeness (QED) is 0.928. The minimum Gasteiger partial charge on any atom is -0.341 e. The van der Waals surface area contributed by atoms with Gasteiger partial charge in [-0.05, 0) is 35.6 Å². The molecule has 0 bridgehead atoms. The summed E-state index contributed by atoms with van der Waals surface area (Å²) >= 11 is 0. The lowest BCUT2D eigenvalue weighted by molar-refractivity contribution is -0.131. The predicted octanol–water partition coefficient (Wildman–Crippen LogP) is 2.33. The Hall–Kier alpha value is -1.87. The normalized spacial score (nSPS) is 16.6. The summed E-state index contributed by atoms with van der Waals surface area (Å²) in [5, 5.41) is 2.39. The maximum atomic E-state index is 12.3. The zero-order valence-corrected chi connectivity index (χ0v) is 11.6. The molecule has 0 radical (unpaired) electrons. The van der Waals surface area contributed by atoms with E-state index in [1.165, 1.54) is 10.8 Å². The first-order chi connectivity index (χ1) is 9.75. The van der Waals surface area contributed by atoms with Crippen LogP contribution in [-0.4, -0.2) is 29.9 Å². The molecule has 20 heavy (non-hydrogen) atoms. The van der Waals surface area contributed by atoms with Crippen molar-refractivity contribution in [2.75, 3.05) is 13.1 Å². The van der Waals surface area contributed by atoms with Crippen LogP contribution in [0.2, 0.25) is 0 Å². The highest BCUT2D eigenvalue weighted by atomic mass is 16.2. The molecule has 1 saturated heterocycles. The summed E-state index contributed by atoms with van der Waals surface area (Å²) in [5.74, 6) is 0.0930. The predicted molar refractivity (Wildman–Crippen MR) is 81.4 cm³/mol. The number of carbonyl (C=O) groups excluding carboxylic acids is 1. The minimum atomic E-state index is -0.432. The second-order valence-electron chi connectivity index (χ2n) is 5.48. The molecule has 2 N–H and O–H groups in total. The second-order valence-corrected chi connectivity index (χ2v) is 5.48. The zero-order chi connectivity index (χ0) is 13.9. The summed E-state index contributed by atoms with van der Waals surface area (Å²) < 4.78 is 0. The third-order valence-electron chi connectivity index (χ3n) is 4.05. The van der Waals surface area contributed by atoms with Gasteiger partial charge in [0, 0.05) is 13.1 Å². The highest BCUT2D eigenvalue weighted by Gasteiger charge is 2.24. The highest BCUT2D eigenvalue weighted by molar-refractivity contribution is 5.87. The molecule has 0 spiro atoms. The van der Waals surface area contributed by atoms with E-state index in [9.17, 15) is 4.79 Å². The maximum Gasteiger partial charge on any atom is 0.239 e. The Labute approximate surface area is 119 Å². The van der Waals surface area contributed by atoms with Gasteiger partial charge in [0.2, 0.25) is 5.91 Å². The Kier molecular flexibility index (Phi) is 3.70. The first-order valence-corrected chi connectivity index (χ1v) is 7.27. The van der Waals surface area contributed by atoms with E-state index >= 15 is 0 Å². The number of fused-ring (bicyclic) bond motifs is 1. The Morgan fingerprint density at radius 2 is 1.80 bits per heavy atom. The molecular weight excluding hydrogens is 248 g/mol. The fraction of sp³-hybridized carbons (Fsp3) is 0.353. The lowest BCUT2D eigenvalue weighted by Gasteiger charge is -2.20. The van der Waals surface area contributed by atoms with Crippen molar-refractivity contribution in [2.45, 2.75) is 25.3 Å². The number of hydrogen-bond acceptors (Lipinski definition) is 2. The Morgan fingerprint density at radius 1 is 1.10 bits per heavy atom. The average Bonchev–Trinajstić information content (AvgIpc) is 3.01. The van der Waals surface area contributed by atoms with E-state index in [2.05, 4.69) is 24.3 Å². The lowest BCUT2D eigenvalue weighted by atomic mass is 9.98. The molecule has 3 rings (SSSR count). The van der Waals surface area contributed by atoms with Crippen LogP contribution in [0.25, 0.3) is 10.8 Å². The van der Waals surface area contributed by atoms with E-state index in [0.29, 0.717) is 6.42 Å². The van der Waals surface area contributed by atoms with Crippen molar-refractivity contribution in [1.29, 1.82) is 0 Å². The van der Waals surface area contributed by atoms with E-state index in [0.717, 1.165) is 31.5 Å². The molecule has 1 atom stereocenters. The smallest absolute Gasteiger partial charge is 0.239 e. The van der Waals surface area contributed by atoms with Gasteiger partial charge in [-0.3, -0.25) is 4.79 Å². The van der Waals surface area contributed by atoms with Gasteiger partial charge in [0.1, 0.15) is 0 Å². The number of carbonyl (C=O) groups is 1. The number of amides is 1. The zero-order valence-electron chi connectivity index (χ0n) is 11.6. The van der Waals surface area contributed by atoms with Crippen LogP contribution in [0.4, 0.5) is 0 Å². The third-order valence-corrected chi connectivity index (χ3v) is 4.05. The van der Waals surface area contributed by atoms with Gasteiger partial charge in [0.25, 0.3) is 0 Å². The minimum absolute atomic E-state index is 0.0930. The number of nitrogens with two attached hydrogens (primary N) is 1. The van der Waals surface area contributed by atoms with Gasteiger partial charge in [0.05, 0.1) is 6.04 Å². The van der Waals surface area contributed by atoms with Gasteiger partial charge in [-0.2, -0.15) is 0 Å². The molecule has 1 aliphatic heterocycles. The van der Waals surface area contributed by atoms with Crippen LogP contribution in [-0.2, 0) is 11.2 Å². The first-order valence-electron chi connectivity index (χ1n) is 7.27. The summed E-state index contributed by atoms with van der Waals surface area (Å²) in [6, 6.07) is 14.0. The first kappa shape index (κ1) is 13.1. The van der Waals surface area contributed by atoms with Gasteiger partial charge < -0.3 is 10.6 Å². The van der Waals surface area contributed by atoms with E-state index in [1.54, 1.807) is 0 Å². The van der Waals surface area contributed by atoms with Crippen molar-refractivity contribution < 1.29 is 4.79 Å². The van der Waals surface area contributed by atoms with Crippen molar-refractivity contribution >= 4 is 16.7 Å². The second kappa shape index (κ2) is 5.63. The number of benzene rings is 2. The van der Waals surface area contributed by atoms with Crippen LogP contribution >= 0.6 is 0 Å². The molecule has 104 valence electrons. The molecule has 0 aromatic heterocycles. The Bertz CT molecular complexity index is 612. The van der Waals surface area contributed by atoms with Crippen molar-refractivity contribution in [3.8, 4) is 0 Å². The average molecular weight is 268 g/mol. The van der Waals surface area contributed by atoms with Gasteiger partial charge in [-0.1, -0.05) is 42.5 Å². The Morgan fingerprint density at radius 3 is 2.60 bits per heavy atom. The lowest BCUT2D eigenvalue weighted by Crippen LogP contribution is -2.43. The van der Waals surface area contributed by atoms with Crippen LogP contribution < -0.4 is 5.73 Å². The molecule has 3 heteroatoms. The van der Waals surface area contributed by atoms with Gasteiger partial charge >= 0.3 is 0 Å². The molecule has 0 unspecified atom stereocenters. The third kappa shape index (κ3) is 2.54. The summed E-state index contributed by atoms with van der Waals surface area (Å²) in [6.45, 7) is 1.73. The number of rotatable bonds is 3. The van der Waals surface area contributed by atoms with Crippen molar-refractivity contribution in [2.24, 2.45) is 5.73 Å². The van der Waals surface area contributed by atoms with Gasteiger partial charge in [-0.25, -0.2) is 0 Å². The fourth-order valence-corrected chi connectivity index (χ4v) is 2.97. The van der Waals surface area contributed by atoms with E-state index < -0.39 is 6.04 Å². The summed E-state index contributed by atoms with van der Waals surface area (Å²) in [6.07, 6.45) is 2.82. The number of hydrogen-bond donors (Lipinski definition) is 1. The SMILES string of the molecule is N[C@H](Cc1cccc2ccccc12)C(=O)N1CCCC1. The summed E-state index contributed by atoms with van der Waals surface area (Å²) in [5.41, 5.74) is 7.28.